The van der Waals surface area contributed by atoms with Crippen LogP contribution in [0.25, 0.3) is 0 Å². The van der Waals surface area contributed by atoms with E-state index in [4.69, 9.17) is 9.16 Å². The van der Waals surface area contributed by atoms with Gasteiger partial charge in [-0.2, -0.15) is 0 Å². The Balaban J connectivity index is 2.12. The van der Waals surface area contributed by atoms with Crippen molar-refractivity contribution in [3.63, 3.8) is 0 Å². The third-order valence-corrected chi connectivity index (χ3v) is 10.5. The summed E-state index contributed by atoms with van der Waals surface area (Å²) in [5.74, 6) is -0.0561. The number of esters is 1. The lowest BCUT2D eigenvalue weighted by atomic mass is 9.99. The van der Waals surface area contributed by atoms with E-state index >= 15 is 0 Å². The van der Waals surface area contributed by atoms with Gasteiger partial charge in [-0.25, -0.2) is 9.80 Å². The highest BCUT2D eigenvalue weighted by Gasteiger charge is 2.45. The number of nitrogens with zero attached hydrogens (tertiary/aromatic N) is 2. The zero-order chi connectivity index (χ0) is 24.6. The second kappa shape index (κ2) is 8.86. The van der Waals surface area contributed by atoms with Crippen molar-refractivity contribution < 1.29 is 18.8 Å². The van der Waals surface area contributed by atoms with E-state index in [1.165, 1.54) is 0 Å². The van der Waals surface area contributed by atoms with Gasteiger partial charge >= 0.3 is 5.97 Å². The van der Waals surface area contributed by atoms with Crippen molar-refractivity contribution in [3.8, 4) is 0 Å². The second-order valence-electron chi connectivity index (χ2n) is 11.0. The minimum absolute atomic E-state index is 0.0766. The van der Waals surface area contributed by atoms with Gasteiger partial charge in [-0.1, -0.05) is 51.1 Å². The van der Waals surface area contributed by atoms with Crippen LogP contribution in [0.5, 0.6) is 0 Å². The van der Waals surface area contributed by atoms with E-state index in [9.17, 15) is 9.59 Å². The smallest absolute Gasteiger partial charge is 0.340 e. The summed E-state index contributed by atoms with van der Waals surface area (Å²) in [7, 11) is -2.30. The van der Waals surface area contributed by atoms with Crippen LogP contribution in [0.1, 0.15) is 51.9 Å². The Bertz CT molecular complexity index is 997. The van der Waals surface area contributed by atoms with E-state index in [-0.39, 0.29) is 17.5 Å². The highest BCUT2D eigenvalue weighted by molar-refractivity contribution is 6.74. The van der Waals surface area contributed by atoms with Crippen LogP contribution in [-0.4, -0.2) is 48.4 Å². The van der Waals surface area contributed by atoms with Gasteiger partial charge in [0.1, 0.15) is 23.0 Å². The molecule has 0 bridgehead atoms. The Morgan fingerprint density at radius 1 is 1.00 bits per heavy atom. The van der Waals surface area contributed by atoms with Crippen LogP contribution in [0.3, 0.4) is 0 Å². The van der Waals surface area contributed by atoms with Crippen LogP contribution in [0.15, 0.2) is 66.1 Å². The number of fused-ring (bicyclic) bond motifs is 1. The zero-order valence-corrected chi connectivity index (χ0v) is 22.0. The average Bonchev–Trinajstić information content (AvgIpc) is 2.70. The van der Waals surface area contributed by atoms with Crippen molar-refractivity contribution in [1.82, 2.24) is 10.0 Å². The summed E-state index contributed by atoms with van der Waals surface area (Å²) in [6.07, 6.45) is 7.46. The Labute approximate surface area is 198 Å². The van der Waals surface area contributed by atoms with Crippen molar-refractivity contribution in [3.05, 3.63) is 71.7 Å². The van der Waals surface area contributed by atoms with Gasteiger partial charge in [-0.15, -0.1) is 0 Å². The molecule has 1 aromatic rings. The largest absolute Gasteiger partial charge is 0.545 e. The van der Waals surface area contributed by atoms with Crippen LogP contribution in [0, 0.1) is 0 Å². The monoisotopic (exact) mass is 468 g/mol. The van der Waals surface area contributed by atoms with Crippen molar-refractivity contribution >= 4 is 20.2 Å². The van der Waals surface area contributed by atoms with Gasteiger partial charge in [0.25, 0.3) is 5.91 Å². The summed E-state index contributed by atoms with van der Waals surface area (Å²) >= 11 is 0. The highest BCUT2D eigenvalue weighted by Crippen LogP contribution is 2.40. The lowest BCUT2D eigenvalue weighted by Crippen LogP contribution is -2.56. The first-order valence-electron chi connectivity index (χ1n) is 11.4. The van der Waals surface area contributed by atoms with Crippen LogP contribution in [0.4, 0.5) is 0 Å². The van der Waals surface area contributed by atoms with Gasteiger partial charge in [0, 0.05) is 11.8 Å². The summed E-state index contributed by atoms with van der Waals surface area (Å²) in [6, 6.07) is 8.66. The topological polar surface area (TPSA) is 59.1 Å². The number of hydrogen-bond donors (Lipinski definition) is 0. The molecule has 1 amide bonds. The number of amides is 1. The van der Waals surface area contributed by atoms with E-state index in [0.717, 1.165) is 0 Å². The van der Waals surface area contributed by atoms with Crippen molar-refractivity contribution in [2.45, 2.75) is 71.3 Å². The van der Waals surface area contributed by atoms with Crippen LogP contribution in [0.2, 0.25) is 18.1 Å². The predicted molar refractivity (Wildman–Crippen MR) is 133 cm³/mol. The van der Waals surface area contributed by atoms with Crippen molar-refractivity contribution in [2.24, 2.45) is 0 Å². The van der Waals surface area contributed by atoms with Crippen molar-refractivity contribution in [1.29, 1.82) is 0 Å². The first-order chi connectivity index (χ1) is 15.2. The summed E-state index contributed by atoms with van der Waals surface area (Å²) in [6.45, 7) is 16.4. The number of rotatable bonds is 4. The molecule has 33 heavy (non-hydrogen) atoms. The molecule has 1 aromatic carbocycles. The molecule has 0 radical (unpaired) electrons. The van der Waals surface area contributed by atoms with Crippen LogP contribution < -0.4 is 0 Å². The van der Waals surface area contributed by atoms with E-state index in [2.05, 4.69) is 33.9 Å². The van der Waals surface area contributed by atoms with E-state index in [0.29, 0.717) is 16.9 Å². The molecule has 2 aliphatic rings. The second-order valence-corrected chi connectivity index (χ2v) is 15.7. The molecule has 178 valence electrons. The van der Waals surface area contributed by atoms with Crippen LogP contribution in [-0.2, 0) is 14.0 Å². The molecule has 0 fully saturated rings. The Morgan fingerprint density at radius 2 is 1.64 bits per heavy atom. The van der Waals surface area contributed by atoms with Crippen LogP contribution >= 0.6 is 0 Å². The third kappa shape index (κ3) is 5.41. The molecule has 0 saturated heterocycles. The molecular formula is C26H36N2O4Si. The maximum atomic E-state index is 13.5. The first-order valence-corrected chi connectivity index (χ1v) is 14.3. The molecule has 3 rings (SSSR count). The number of benzene rings is 1. The third-order valence-electron chi connectivity index (χ3n) is 6.16. The Hall–Kier alpha value is -2.80. The maximum absolute atomic E-state index is 13.5. The Morgan fingerprint density at radius 3 is 2.21 bits per heavy atom. The minimum atomic E-state index is -2.30. The minimum Gasteiger partial charge on any atom is -0.545 e. The zero-order valence-electron chi connectivity index (χ0n) is 21.0. The standard InChI is InChI=1S/C26H36N2O4Si/c1-25(2,3)31-24(30)22-20-16-12-13-17-27(20)28(23(29)19-14-10-9-11-15-19)18-21(22)32-33(7,8)26(4,5)6/h9-17,20H,18H2,1-8H3. The van der Waals surface area contributed by atoms with E-state index in [1.54, 1.807) is 22.2 Å². The average molecular weight is 469 g/mol. The quantitative estimate of drug-likeness (QED) is 0.436. The lowest BCUT2D eigenvalue weighted by Gasteiger charge is -2.47. The predicted octanol–water partition coefficient (Wildman–Crippen LogP) is 5.43. The highest BCUT2D eigenvalue weighted by atomic mass is 28.4. The molecule has 2 heterocycles. The van der Waals surface area contributed by atoms with Gasteiger partial charge in [0.05, 0.1) is 6.54 Å². The summed E-state index contributed by atoms with van der Waals surface area (Å²) in [5, 5.41) is 3.37. The van der Waals surface area contributed by atoms with Gasteiger partial charge in [0.15, 0.2) is 0 Å². The molecule has 0 saturated carbocycles. The molecule has 0 spiro atoms. The van der Waals surface area contributed by atoms with E-state index in [1.807, 2.05) is 63.4 Å². The molecule has 1 atom stereocenters. The molecule has 0 aliphatic carbocycles. The fourth-order valence-electron chi connectivity index (χ4n) is 3.44. The van der Waals surface area contributed by atoms with Gasteiger partial charge in [-0.05, 0) is 57.1 Å². The number of hydrogen-bond acceptors (Lipinski definition) is 5. The fraction of sp³-hybridized carbons (Fsp3) is 0.462. The summed E-state index contributed by atoms with van der Waals surface area (Å²) < 4.78 is 12.5. The molecule has 7 heteroatoms. The lowest BCUT2D eigenvalue weighted by molar-refractivity contribution is -0.151. The van der Waals surface area contributed by atoms with Gasteiger partial charge in [-0.3, -0.25) is 9.80 Å². The molecule has 1 unspecified atom stereocenters. The SMILES string of the molecule is CC(C)(C)OC(=O)C1=C(O[Si](C)(C)C(C)(C)C)CN(C(=O)c2ccccc2)N2C=CC=CC12. The molecule has 2 aliphatic heterocycles. The fourth-order valence-corrected chi connectivity index (χ4v) is 4.53. The molecule has 6 nitrogen and oxygen atoms in total. The molecule has 0 aromatic heterocycles. The first kappa shape index (κ1) is 24.8. The summed E-state index contributed by atoms with van der Waals surface area (Å²) in [5.41, 5.74) is 0.376. The Kier molecular flexibility index (Phi) is 6.66. The number of allylic oxidation sites excluding steroid dienone is 2. The van der Waals surface area contributed by atoms with E-state index < -0.39 is 25.9 Å². The van der Waals surface area contributed by atoms with Crippen molar-refractivity contribution in [2.75, 3.05) is 6.54 Å². The molecule has 0 N–H and O–H groups in total. The normalized spacial score (nSPS) is 18.8. The number of ether oxygens (including phenoxy) is 1. The number of carbonyl (C=O) groups excluding carboxylic acids is 2. The van der Waals surface area contributed by atoms with Gasteiger partial charge in [0.2, 0.25) is 8.32 Å². The molecular weight excluding hydrogens is 432 g/mol. The maximum Gasteiger partial charge on any atom is 0.340 e. The van der Waals surface area contributed by atoms with Gasteiger partial charge < -0.3 is 9.16 Å². The summed E-state index contributed by atoms with van der Waals surface area (Å²) in [4.78, 5) is 26.9. The number of carbonyl (C=O) groups is 2. The number of hydrazine groups is 1.